The normalized spacial score (nSPS) is 13.9. The topological polar surface area (TPSA) is 121 Å². The van der Waals surface area contributed by atoms with Gasteiger partial charge in [0.15, 0.2) is 0 Å². The first-order valence-corrected chi connectivity index (χ1v) is 5.80. The molecule has 1 heterocycles. The second-order valence-corrected chi connectivity index (χ2v) is 4.08. The van der Waals surface area contributed by atoms with E-state index in [0.29, 0.717) is 12.1 Å². The molecule has 2 atom stereocenters. The Bertz CT molecular complexity index is 391. The first-order valence-electron chi connectivity index (χ1n) is 5.80. The smallest absolute Gasteiger partial charge is 0.326 e. The van der Waals surface area contributed by atoms with Crippen LogP contribution in [0.25, 0.3) is 0 Å². The van der Waals surface area contributed by atoms with E-state index in [1.54, 1.807) is 0 Å². The van der Waals surface area contributed by atoms with Gasteiger partial charge in [-0.1, -0.05) is 13.3 Å². The summed E-state index contributed by atoms with van der Waals surface area (Å²) in [6.07, 6.45) is 4.43. The molecule has 0 fully saturated rings. The highest BCUT2D eigenvalue weighted by molar-refractivity contribution is 5.86. The minimum absolute atomic E-state index is 0.153. The van der Waals surface area contributed by atoms with Crippen LogP contribution >= 0.6 is 0 Å². The van der Waals surface area contributed by atoms with Gasteiger partial charge in [-0.2, -0.15) is 0 Å². The largest absolute Gasteiger partial charge is 0.480 e. The van der Waals surface area contributed by atoms with Crippen molar-refractivity contribution in [2.45, 2.75) is 38.3 Å². The van der Waals surface area contributed by atoms with E-state index in [2.05, 4.69) is 15.3 Å². The Hall–Kier alpha value is -1.89. The summed E-state index contributed by atoms with van der Waals surface area (Å²) in [5.41, 5.74) is 6.27. The number of hydrogen-bond acceptors (Lipinski definition) is 4. The van der Waals surface area contributed by atoms with Gasteiger partial charge in [-0.15, -0.1) is 0 Å². The number of aromatic amines is 1. The lowest BCUT2D eigenvalue weighted by Crippen LogP contribution is -2.49. The number of hydrogen-bond donors (Lipinski definition) is 4. The van der Waals surface area contributed by atoms with Gasteiger partial charge in [-0.05, 0) is 6.42 Å². The lowest BCUT2D eigenvalue weighted by molar-refractivity contribution is -0.142. The van der Waals surface area contributed by atoms with Crippen LogP contribution in [0.5, 0.6) is 0 Å². The number of nitrogens with two attached hydrogens (primary N) is 1. The predicted octanol–water partition coefficient (Wildman–Crippen LogP) is -0.351. The van der Waals surface area contributed by atoms with Crippen molar-refractivity contribution in [2.75, 3.05) is 0 Å². The molecule has 0 aromatic carbocycles. The summed E-state index contributed by atoms with van der Waals surface area (Å²) in [6, 6.07) is -1.67. The Morgan fingerprint density at radius 2 is 2.33 bits per heavy atom. The molecule has 0 saturated carbocycles. The van der Waals surface area contributed by atoms with E-state index >= 15 is 0 Å². The van der Waals surface area contributed by atoms with Crippen LogP contribution in [-0.2, 0) is 16.0 Å². The Morgan fingerprint density at radius 3 is 2.83 bits per heavy atom. The molecule has 1 amide bonds. The van der Waals surface area contributed by atoms with Gasteiger partial charge in [0.05, 0.1) is 12.4 Å². The zero-order chi connectivity index (χ0) is 13.5. The molecule has 0 aliphatic heterocycles. The summed E-state index contributed by atoms with van der Waals surface area (Å²) in [6.45, 7) is 1.91. The number of nitrogens with one attached hydrogen (secondary N) is 2. The molecule has 1 aromatic heterocycles. The number of imidazole rings is 1. The third-order valence-electron chi connectivity index (χ3n) is 2.53. The summed E-state index contributed by atoms with van der Waals surface area (Å²) >= 11 is 0. The van der Waals surface area contributed by atoms with Gasteiger partial charge in [-0.25, -0.2) is 9.78 Å². The maximum absolute atomic E-state index is 11.7. The van der Waals surface area contributed by atoms with E-state index in [1.807, 2.05) is 6.92 Å². The maximum atomic E-state index is 11.7. The third-order valence-corrected chi connectivity index (χ3v) is 2.53. The molecule has 0 bridgehead atoms. The summed E-state index contributed by atoms with van der Waals surface area (Å²) < 4.78 is 0. The number of H-pyrrole nitrogens is 1. The summed E-state index contributed by atoms with van der Waals surface area (Å²) in [4.78, 5) is 29.3. The minimum atomic E-state index is -1.10. The summed E-state index contributed by atoms with van der Waals surface area (Å²) in [5, 5.41) is 11.5. The molecule has 0 radical (unpaired) electrons. The Balaban J connectivity index is 2.58. The van der Waals surface area contributed by atoms with Crippen molar-refractivity contribution in [2.24, 2.45) is 5.73 Å². The zero-order valence-electron chi connectivity index (χ0n) is 10.2. The molecule has 0 saturated heterocycles. The van der Waals surface area contributed by atoms with Crippen molar-refractivity contribution in [3.05, 3.63) is 18.2 Å². The molecular formula is C11H18N4O3. The Morgan fingerprint density at radius 1 is 1.61 bits per heavy atom. The highest BCUT2D eigenvalue weighted by Gasteiger charge is 2.23. The van der Waals surface area contributed by atoms with E-state index in [1.165, 1.54) is 12.5 Å². The number of aliphatic carboxylic acids is 1. The minimum Gasteiger partial charge on any atom is -0.480 e. The number of carbonyl (C=O) groups excluding carboxylic acids is 1. The molecule has 0 aliphatic rings. The molecule has 1 unspecified atom stereocenters. The van der Waals surface area contributed by atoms with Crippen molar-refractivity contribution < 1.29 is 14.7 Å². The highest BCUT2D eigenvalue weighted by Crippen LogP contribution is 2.00. The van der Waals surface area contributed by atoms with Gasteiger partial charge in [0.25, 0.3) is 0 Å². The van der Waals surface area contributed by atoms with Crippen molar-refractivity contribution in [3.63, 3.8) is 0 Å². The van der Waals surface area contributed by atoms with E-state index in [4.69, 9.17) is 10.8 Å². The molecule has 0 spiro atoms. The second kappa shape index (κ2) is 6.75. The second-order valence-electron chi connectivity index (χ2n) is 4.08. The zero-order valence-corrected chi connectivity index (χ0v) is 10.2. The summed E-state index contributed by atoms with van der Waals surface area (Å²) in [7, 11) is 0. The molecule has 7 nitrogen and oxygen atoms in total. The SMILES string of the molecule is CCC[C@@H](N)C(=O)NC(Cc1cnc[nH]1)C(=O)O. The summed E-state index contributed by atoms with van der Waals surface area (Å²) in [5.74, 6) is -1.54. The first-order chi connectivity index (χ1) is 8.54. The van der Waals surface area contributed by atoms with Crippen LogP contribution in [0.1, 0.15) is 25.5 Å². The average Bonchev–Trinajstić information content (AvgIpc) is 2.81. The van der Waals surface area contributed by atoms with E-state index in [-0.39, 0.29) is 6.42 Å². The van der Waals surface area contributed by atoms with Crippen LogP contribution in [0, 0.1) is 0 Å². The van der Waals surface area contributed by atoms with Gasteiger partial charge >= 0.3 is 5.97 Å². The fourth-order valence-electron chi connectivity index (χ4n) is 1.54. The van der Waals surface area contributed by atoms with Crippen LogP contribution < -0.4 is 11.1 Å². The number of rotatable bonds is 7. The van der Waals surface area contributed by atoms with E-state index in [0.717, 1.165) is 6.42 Å². The maximum Gasteiger partial charge on any atom is 0.326 e. The number of carbonyl (C=O) groups is 2. The standard InChI is InChI=1S/C11H18N4O3/c1-2-3-8(12)10(16)15-9(11(17)18)4-7-5-13-6-14-7/h5-6,8-9H,2-4,12H2,1H3,(H,13,14)(H,15,16)(H,17,18)/t8-,9?/m1/s1. The molecule has 0 aliphatic carbocycles. The van der Waals surface area contributed by atoms with Crippen LogP contribution in [0.4, 0.5) is 0 Å². The number of nitrogens with zero attached hydrogens (tertiary/aromatic N) is 1. The number of aromatic nitrogens is 2. The molecule has 5 N–H and O–H groups in total. The van der Waals surface area contributed by atoms with Crippen LogP contribution in [0.3, 0.4) is 0 Å². The van der Waals surface area contributed by atoms with Crippen molar-refractivity contribution in [3.8, 4) is 0 Å². The number of carboxylic acids is 1. The van der Waals surface area contributed by atoms with E-state index in [9.17, 15) is 9.59 Å². The lowest BCUT2D eigenvalue weighted by Gasteiger charge is -2.16. The van der Waals surface area contributed by atoms with Crippen molar-refractivity contribution in [1.82, 2.24) is 15.3 Å². The fraction of sp³-hybridized carbons (Fsp3) is 0.545. The van der Waals surface area contributed by atoms with Gasteiger partial charge in [0, 0.05) is 18.3 Å². The molecule has 100 valence electrons. The highest BCUT2D eigenvalue weighted by atomic mass is 16.4. The van der Waals surface area contributed by atoms with Crippen molar-refractivity contribution >= 4 is 11.9 Å². The molecule has 18 heavy (non-hydrogen) atoms. The monoisotopic (exact) mass is 254 g/mol. The van der Waals surface area contributed by atoms with Gasteiger partial charge in [-0.3, -0.25) is 4.79 Å². The molecule has 7 heteroatoms. The number of amides is 1. The quantitative estimate of drug-likeness (QED) is 0.530. The van der Waals surface area contributed by atoms with Gasteiger partial charge < -0.3 is 21.1 Å². The van der Waals surface area contributed by atoms with Crippen molar-refractivity contribution in [1.29, 1.82) is 0 Å². The average molecular weight is 254 g/mol. The fourth-order valence-corrected chi connectivity index (χ4v) is 1.54. The van der Waals surface area contributed by atoms with Crippen LogP contribution in [0.2, 0.25) is 0 Å². The predicted molar refractivity (Wildman–Crippen MR) is 64.7 cm³/mol. The van der Waals surface area contributed by atoms with E-state index < -0.39 is 24.0 Å². The third kappa shape index (κ3) is 4.17. The van der Waals surface area contributed by atoms with Gasteiger partial charge in [0.1, 0.15) is 6.04 Å². The number of carboxylic acid groups (broad SMARTS) is 1. The van der Waals surface area contributed by atoms with Crippen LogP contribution in [0.15, 0.2) is 12.5 Å². The molecular weight excluding hydrogens is 236 g/mol. The Labute approximate surface area is 105 Å². The lowest BCUT2D eigenvalue weighted by atomic mass is 10.1. The molecule has 1 aromatic rings. The van der Waals surface area contributed by atoms with Crippen LogP contribution in [-0.4, -0.2) is 39.0 Å². The Kier molecular flexibility index (Phi) is 5.31. The van der Waals surface area contributed by atoms with Gasteiger partial charge in [0.2, 0.25) is 5.91 Å². The molecule has 1 rings (SSSR count). The first kappa shape index (κ1) is 14.2.